The fraction of sp³-hybridized carbons (Fsp3) is 0.949. The second-order valence-corrected chi connectivity index (χ2v) is 33.0. The molecule has 3 N–H and O–H groups in total. The Morgan fingerprint density at radius 3 is 0.724 bits per heavy atom. The van der Waals surface area contributed by atoms with Crippen molar-refractivity contribution in [2.75, 3.05) is 39.6 Å². The molecule has 582 valence electrons. The van der Waals surface area contributed by atoms with E-state index in [9.17, 15) is 43.2 Å². The molecule has 0 saturated heterocycles. The van der Waals surface area contributed by atoms with Gasteiger partial charge in [-0.1, -0.05) is 351 Å². The Bertz CT molecular complexity index is 1920. The molecule has 3 unspecified atom stereocenters. The molecule has 0 heterocycles. The minimum Gasteiger partial charge on any atom is -0.462 e. The number of carbonyl (C=O) groups is 4. The van der Waals surface area contributed by atoms with Crippen LogP contribution in [0.2, 0.25) is 0 Å². The fourth-order valence-corrected chi connectivity index (χ4v) is 13.6. The second kappa shape index (κ2) is 68.2. The van der Waals surface area contributed by atoms with Gasteiger partial charge in [0.05, 0.1) is 26.4 Å². The number of aliphatic hydroxyl groups is 1. The smallest absolute Gasteiger partial charge is 0.462 e. The summed E-state index contributed by atoms with van der Waals surface area (Å²) in [4.78, 5) is 72.9. The van der Waals surface area contributed by atoms with Crippen molar-refractivity contribution in [1.82, 2.24) is 0 Å². The highest BCUT2D eigenvalue weighted by Crippen LogP contribution is 2.45. The minimum atomic E-state index is -4.96. The van der Waals surface area contributed by atoms with Crippen molar-refractivity contribution < 1.29 is 80.2 Å². The van der Waals surface area contributed by atoms with Gasteiger partial charge < -0.3 is 33.8 Å². The monoisotopic (exact) mass is 1440 g/mol. The Hall–Kier alpha value is -1.94. The predicted molar refractivity (Wildman–Crippen MR) is 400 cm³/mol. The van der Waals surface area contributed by atoms with Gasteiger partial charge in [-0.3, -0.25) is 37.3 Å². The largest absolute Gasteiger partial charge is 0.472 e. The highest BCUT2D eigenvalue weighted by molar-refractivity contribution is 7.47. The van der Waals surface area contributed by atoms with Crippen LogP contribution in [-0.4, -0.2) is 96.7 Å². The van der Waals surface area contributed by atoms with Crippen molar-refractivity contribution in [1.29, 1.82) is 0 Å². The number of hydrogen-bond acceptors (Lipinski definition) is 15. The van der Waals surface area contributed by atoms with Gasteiger partial charge in [-0.15, -0.1) is 0 Å². The van der Waals surface area contributed by atoms with Crippen LogP contribution in [0, 0.1) is 23.7 Å². The minimum absolute atomic E-state index is 0.105. The lowest BCUT2D eigenvalue weighted by atomic mass is 10.00. The molecule has 0 bridgehead atoms. The van der Waals surface area contributed by atoms with Gasteiger partial charge in [0.2, 0.25) is 0 Å². The summed E-state index contributed by atoms with van der Waals surface area (Å²) in [7, 11) is -9.92. The summed E-state index contributed by atoms with van der Waals surface area (Å²) in [5.41, 5.74) is 0. The van der Waals surface area contributed by atoms with Gasteiger partial charge in [0.15, 0.2) is 12.2 Å². The molecule has 0 amide bonds. The third-order valence-corrected chi connectivity index (χ3v) is 20.6. The standard InChI is InChI=1S/C79H154O17P2/c1-9-72(8)58-50-42-37-38-44-52-60-77(82)90-66-75(96-79(84)62-54-46-36-30-24-18-21-27-33-41-49-57-71(6)7)68-94-98(87,88)92-64-73(80)63-91-97(85,86)93-67-74(65-89-76(81)59-51-43-34-28-22-17-16-20-26-32-40-48-56-70(4)5)95-78(83)61-53-45-35-29-23-15-13-11-10-12-14-19-25-31-39-47-55-69(2)3/h69-75,80H,9-68H2,1-8H3,(H,85,86)(H,87,88)/t72?,73-,74-,75-/m1/s1. The molecule has 0 aromatic carbocycles. The van der Waals surface area contributed by atoms with E-state index in [0.29, 0.717) is 25.7 Å². The highest BCUT2D eigenvalue weighted by Gasteiger charge is 2.30. The zero-order valence-corrected chi connectivity index (χ0v) is 66.2. The number of esters is 4. The van der Waals surface area contributed by atoms with E-state index in [0.717, 1.165) is 120 Å². The molecule has 0 fully saturated rings. The molecule has 0 saturated carbocycles. The molecule has 0 aromatic rings. The number of ether oxygens (including phenoxy) is 4. The Balaban J connectivity index is 5.25. The Kier molecular flexibility index (Phi) is 66.8. The van der Waals surface area contributed by atoms with Crippen LogP contribution < -0.4 is 0 Å². The summed E-state index contributed by atoms with van der Waals surface area (Å²) < 4.78 is 68.6. The summed E-state index contributed by atoms with van der Waals surface area (Å²) in [6, 6.07) is 0. The number of phosphoric ester groups is 2. The van der Waals surface area contributed by atoms with Crippen LogP contribution in [0.4, 0.5) is 0 Å². The van der Waals surface area contributed by atoms with Gasteiger partial charge in [-0.25, -0.2) is 9.13 Å². The molecule has 19 heteroatoms. The molecule has 17 nitrogen and oxygen atoms in total. The number of carbonyl (C=O) groups excluding carboxylic acids is 4. The van der Waals surface area contributed by atoms with Crippen LogP contribution in [0.3, 0.4) is 0 Å². The van der Waals surface area contributed by atoms with Crippen LogP contribution >= 0.6 is 15.6 Å². The van der Waals surface area contributed by atoms with E-state index < -0.39 is 97.5 Å². The van der Waals surface area contributed by atoms with Gasteiger partial charge in [-0.2, -0.15) is 0 Å². The first-order valence-electron chi connectivity index (χ1n) is 40.7. The Labute approximate surface area is 600 Å². The van der Waals surface area contributed by atoms with Gasteiger partial charge in [-0.05, 0) is 49.4 Å². The lowest BCUT2D eigenvalue weighted by molar-refractivity contribution is -0.161. The normalized spacial score (nSPS) is 14.3. The molecule has 0 spiro atoms. The summed E-state index contributed by atoms with van der Waals surface area (Å²) in [5, 5.41) is 10.6. The van der Waals surface area contributed by atoms with Gasteiger partial charge in [0, 0.05) is 25.7 Å². The maximum Gasteiger partial charge on any atom is 0.472 e. The highest BCUT2D eigenvalue weighted by atomic mass is 31.2. The lowest BCUT2D eigenvalue weighted by Crippen LogP contribution is -2.30. The molecule has 0 radical (unpaired) electrons. The quantitative estimate of drug-likeness (QED) is 0.0222. The van der Waals surface area contributed by atoms with E-state index in [2.05, 4.69) is 55.4 Å². The Morgan fingerprint density at radius 1 is 0.286 bits per heavy atom. The van der Waals surface area contributed by atoms with E-state index >= 15 is 0 Å². The molecular weight excluding hydrogens is 1280 g/mol. The Morgan fingerprint density at radius 2 is 0.490 bits per heavy atom. The van der Waals surface area contributed by atoms with Crippen molar-refractivity contribution in [2.24, 2.45) is 23.7 Å². The summed E-state index contributed by atoms with van der Waals surface area (Å²) in [6.45, 7) is 14.2. The zero-order chi connectivity index (χ0) is 72.4. The maximum absolute atomic E-state index is 13.1. The van der Waals surface area contributed by atoms with E-state index in [1.54, 1.807) is 0 Å². The first kappa shape index (κ1) is 96.1. The summed E-state index contributed by atoms with van der Waals surface area (Å²) >= 11 is 0. The number of hydrogen-bond donors (Lipinski definition) is 3. The third-order valence-electron chi connectivity index (χ3n) is 18.7. The first-order valence-corrected chi connectivity index (χ1v) is 43.7. The van der Waals surface area contributed by atoms with E-state index in [4.69, 9.17) is 37.0 Å². The molecule has 0 rings (SSSR count). The predicted octanol–water partition coefficient (Wildman–Crippen LogP) is 23.2. The van der Waals surface area contributed by atoms with Crippen molar-refractivity contribution in [3.8, 4) is 0 Å². The summed E-state index contributed by atoms with van der Waals surface area (Å²) in [6.07, 6.45) is 54.1. The zero-order valence-electron chi connectivity index (χ0n) is 64.4. The van der Waals surface area contributed by atoms with Crippen molar-refractivity contribution in [3.63, 3.8) is 0 Å². The lowest BCUT2D eigenvalue weighted by Gasteiger charge is -2.21. The average Bonchev–Trinajstić information content (AvgIpc) is 0.988. The average molecular weight is 1440 g/mol. The van der Waals surface area contributed by atoms with Crippen molar-refractivity contribution in [2.45, 2.75) is 420 Å². The van der Waals surface area contributed by atoms with Gasteiger partial charge in [0.1, 0.15) is 19.3 Å². The molecule has 98 heavy (non-hydrogen) atoms. The van der Waals surface area contributed by atoms with Crippen molar-refractivity contribution >= 4 is 39.5 Å². The van der Waals surface area contributed by atoms with Crippen LogP contribution in [0.1, 0.15) is 402 Å². The first-order chi connectivity index (χ1) is 47.1. The maximum atomic E-state index is 13.1. The molecule has 0 aromatic heterocycles. The molecule has 0 aliphatic carbocycles. The van der Waals surface area contributed by atoms with Gasteiger partial charge >= 0.3 is 39.5 Å². The fourth-order valence-electron chi connectivity index (χ4n) is 12.0. The van der Waals surface area contributed by atoms with Crippen LogP contribution in [0.15, 0.2) is 0 Å². The number of rotatable bonds is 76. The molecule has 6 atom stereocenters. The van der Waals surface area contributed by atoms with E-state index in [-0.39, 0.29) is 25.7 Å². The van der Waals surface area contributed by atoms with Crippen LogP contribution in [-0.2, 0) is 65.4 Å². The van der Waals surface area contributed by atoms with Crippen molar-refractivity contribution in [3.05, 3.63) is 0 Å². The topological polar surface area (TPSA) is 237 Å². The number of phosphoric acid groups is 2. The molecule has 0 aliphatic heterocycles. The number of aliphatic hydroxyl groups excluding tert-OH is 1. The SMILES string of the molecule is CCC(C)CCCCCCCCC(=O)OC[C@H](COP(=O)(O)OC[C@H](O)COP(=O)(O)OC[C@@H](COC(=O)CCCCCCCCCCCCCCC(C)C)OC(=O)CCCCCCCCCCCCCCCCCCC(C)C)OC(=O)CCCCCCCCCCCCCC(C)C. The van der Waals surface area contributed by atoms with E-state index in [1.807, 2.05) is 0 Å². The molecular formula is C79H154O17P2. The third kappa shape index (κ3) is 71.1. The van der Waals surface area contributed by atoms with Crippen LogP contribution in [0.25, 0.3) is 0 Å². The summed E-state index contributed by atoms with van der Waals surface area (Å²) in [5.74, 6) is 0.970. The second-order valence-electron chi connectivity index (χ2n) is 30.1. The van der Waals surface area contributed by atoms with Crippen LogP contribution in [0.5, 0.6) is 0 Å². The number of unbranched alkanes of at least 4 members (excludes halogenated alkanes) is 41. The van der Waals surface area contributed by atoms with Gasteiger partial charge in [0.25, 0.3) is 0 Å². The van der Waals surface area contributed by atoms with E-state index in [1.165, 1.54) is 199 Å². The molecule has 0 aliphatic rings.